The van der Waals surface area contributed by atoms with Crippen LogP contribution in [0.5, 0.6) is 0 Å². The van der Waals surface area contributed by atoms with Crippen LogP contribution in [0, 0.1) is 5.92 Å². The molecule has 6 N–H and O–H groups in total. The number of unbranched alkanes of at least 4 members (excludes halogenated alkanes) is 1. The summed E-state index contributed by atoms with van der Waals surface area (Å²) in [6.07, 6.45) is 6.91. The van der Waals surface area contributed by atoms with Gasteiger partial charge in [0, 0.05) is 69.6 Å². The highest BCUT2D eigenvalue weighted by Crippen LogP contribution is 2.19. The van der Waals surface area contributed by atoms with Crippen molar-refractivity contribution in [3.63, 3.8) is 0 Å². The number of hydrogen-bond acceptors (Lipinski definition) is 12. The molecule has 2 atom stereocenters. The average molecular weight is 698 g/mol. The van der Waals surface area contributed by atoms with Gasteiger partial charge in [-0.1, -0.05) is 13.3 Å². The van der Waals surface area contributed by atoms with Crippen LogP contribution in [-0.2, 0) is 54.1 Å². The zero-order valence-electron chi connectivity index (χ0n) is 28.7. The summed E-state index contributed by atoms with van der Waals surface area (Å²) in [5, 5.41) is 14.3. The van der Waals surface area contributed by atoms with Gasteiger partial charge in [0.05, 0.1) is 51.8 Å². The number of ether oxygens (including phenoxy) is 4. The molecular weight excluding hydrogens is 642 g/mol. The molecule has 1 aromatic heterocycles. The fourth-order valence-corrected chi connectivity index (χ4v) is 4.61. The van der Waals surface area contributed by atoms with Crippen LogP contribution < -0.4 is 16.4 Å². The quantitative estimate of drug-likeness (QED) is 0.0643. The van der Waals surface area contributed by atoms with Gasteiger partial charge in [-0.3, -0.25) is 28.8 Å². The minimum absolute atomic E-state index is 0.0712. The first kappa shape index (κ1) is 43.5. The van der Waals surface area contributed by atoms with Crippen molar-refractivity contribution in [1.82, 2.24) is 20.6 Å². The van der Waals surface area contributed by atoms with Gasteiger partial charge in [-0.05, 0) is 25.7 Å². The highest BCUT2D eigenvalue weighted by Gasteiger charge is 2.25. The number of Topliss-reactive ketones (excluding diaryl/α,β-unsaturated/α-hetero) is 3. The van der Waals surface area contributed by atoms with Crippen molar-refractivity contribution >= 4 is 35.1 Å². The van der Waals surface area contributed by atoms with Crippen LogP contribution in [-0.4, -0.2) is 122 Å². The fourth-order valence-electron chi connectivity index (χ4n) is 4.61. The number of nitrogens with one attached hydrogen (secondary N) is 3. The number of hydrogen-bond donors (Lipinski definition) is 5. The Bertz CT molecular complexity index is 1100. The molecule has 0 aliphatic rings. The van der Waals surface area contributed by atoms with Crippen molar-refractivity contribution in [1.29, 1.82) is 0 Å². The van der Waals surface area contributed by atoms with Gasteiger partial charge in [-0.25, -0.2) is 4.98 Å². The third kappa shape index (κ3) is 24.3. The highest BCUT2D eigenvalue weighted by molar-refractivity contribution is 5.91. The molecule has 0 unspecified atom stereocenters. The Balaban J connectivity index is 2.07. The molecule has 0 aliphatic carbocycles. The Morgan fingerprint density at radius 3 is 2.08 bits per heavy atom. The zero-order chi connectivity index (χ0) is 36.1. The Labute approximate surface area is 287 Å². The number of carbonyl (C=O) groups is 6. The molecule has 0 saturated carbocycles. The molecule has 0 radical (unpaired) electrons. The fraction of sp³-hybridized carbons (Fsp3) is 0.727. The van der Waals surface area contributed by atoms with Crippen molar-refractivity contribution < 1.29 is 52.8 Å². The Kier molecular flexibility index (Phi) is 25.1. The van der Waals surface area contributed by atoms with Gasteiger partial charge in [-0.2, -0.15) is 0 Å². The highest BCUT2D eigenvalue weighted by atomic mass is 16.5. The van der Waals surface area contributed by atoms with E-state index < -0.39 is 17.9 Å². The number of nitrogens with two attached hydrogens (primary N) is 1. The molecule has 2 amide bonds. The van der Waals surface area contributed by atoms with Gasteiger partial charge in [-0.15, -0.1) is 0 Å². The number of aliphatic carboxylic acids is 1. The van der Waals surface area contributed by atoms with E-state index in [0.29, 0.717) is 70.5 Å². The summed E-state index contributed by atoms with van der Waals surface area (Å²) in [5.74, 6) is -2.64. The standard InChI is InChI=1S/C33H55N5O11/c1-2-6-27(39)8-5-13-46-15-17-48-23-32(43)37-12-14-47-16-18-49-22-31(42)36-11-4-3-7-25(29(40)9-10-33(44)45)19-30(41)28(34)20-26-21-35-24-38-26/h21,24-25,28H,2-20,22-23,34H2,1H3,(H,35,38)(H,36,42)(H,37,43)(H,44,45)/t25-,28+/m1/s1. The average Bonchev–Trinajstić information content (AvgIpc) is 3.58. The minimum atomic E-state index is -1.08. The number of carbonyl (C=O) groups excluding carboxylic acids is 5. The first-order valence-electron chi connectivity index (χ1n) is 17.0. The number of rotatable bonds is 33. The monoisotopic (exact) mass is 697 g/mol. The lowest BCUT2D eigenvalue weighted by atomic mass is 9.87. The number of aromatic nitrogens is 2. The summed E-state index contributed by atoms with van der Waals surface area (Å²) in [5.41, 5.74) is 6.73. The van der Waals surface area contributed by atoms with Crippen LogP contribution in [0.2, 0.25) is 0 Å². The maximum atomic E-state index is 12.7. The number of carboxylic acid groups (broad SMARTS) is 1. The lowest BCUT2D eigenvalue weighted by Gasteiger charge is -2.17. The van der Waals surface area contributed by atoms with E-state index in [-0.39, 0.29) is 94.5 Å². The van der Waals surface area contributed by atoms with Gasteiger partial charge in [0.25, 0.3) is 0 Å². The summed E-state index contributed by atoms with van der Waals surface area (Å²) in [7, 11) is 0. The molecule has 0 aromatic carbocycles. The zero-order valence-corrected chi connectivity index (χ0v) is 28.7. The van der Waals surface area contributed by atoms with Crippen molar-refractivity contribution in [2.45, 2.75) is 83.6 Å². The third-order valence-corrected chi connectivity index (χ3v) is 7.25. The second-order valence-electron chi connectivity index (χ2n) is 11.5. The first-order valence-corrected chi connectivity index (χ1v) is 17.0. The van der Waals surface area contributed by atoms with Crippen molar-refractivity contribution in [2.24, 2.45) is 11.7 Å². The molecule has 1 aromatic rings. The lowest BCUT2D eigenvalue weighted by Crippen LogP contribution is -2.35. The van der Waals surface area contributed by atoms with E-state index in [0.717, 1.165) is 6.42 Å². The number of H-pyrrole nitrogens is 1. The molecule has 16 heteroatoms. The molecule has 0 bridgehead atoms. The van der Waals surface area contributed by atoms with Gasteiger partial charge >= 0.3 is 5.97 Å². The number of ketones is 3. The molecule has 1 rings (SSSR count). The van der Waals surface area contributed by atoms with E-state index in [4.69, 9.17) is 29.8 Å². The number of imidazole rings is 1. The molecule has 1 heterocycles. The molecule has 49 heavy (non-hydrogen) atoms. The second kappa shape index (κ2) is 28.3. The predicted molar refractivity (Wildman–Crippen MR) is 178 cm³/mol. The van der Waals surface area contributed by atoms with E-state index in [9.17, 15) is 28.8 Å². The summed E-state index contributed by atoms with van der Waals surface area (Å²) >= 11 is 0. The molecular formula is C33H55N5O11. The molecule has 0 aliphatic heterocycles. The van der Waals surface area contributed by atoms with E-state index in [1.54, 1.807) is 6.20 Å². The van der Waals surface area contributed by atoms with E-state index >= 15 is 0 Å². The molecule has 0 spiro atoms. The van der Waals surface area contributed by atoms with Gasteiger partial charge < -0.3 is 45.4 Å². The Morgan fingerprint density at radius 1 is 0.796 bits per heavy atom. The van der Waals surface area contributed by atoms with Crippen molar-refractivity contribution in [2.75, 3.05) is 65.9 Å². The van der Waals surface area contributed by atoms with Crippen LogP contribution in [0.15, 0.2) is 12.5 Å². The number of amides is 2. The number of aromatic amines is 1. The summed E-state index contributed by atoms with van der Waals surface area (Å²) in [4.78, 5) is 78.3. The van der Waals surface area contributed by atoms with Crippen molar-refractivity contribution in [3.05, 3.63) is 18.2 Å². The molecule has 16 nitrogen and oxygen atoms in total. The van der Waals surface area contributed by atoms with E-state index in [1.165, 1.54) is 6.33 Å². The largest absolute Gasteiger partial charge is 0.481 e. The third-order valence-electron chi connectivity index (χ3n) is 7.25. The van der Waals surface area contributed by atoms with Crippen LogP contribution >= 0.6 is 0 Å². The topological polar surface area (TPSA) is 238 Å². The molecule has 0 fully saturated rings. The summed E-state index contributed by atoms with van der Waals surface area (Å²) in [6.45, 7) is 4.17. The number of carboxylic acids is 1. The van der Waals surface area contributed by atoms with Gasteiger partial charge in [0.1, 0.15) is 24.8 Å². The molecule has 0 saturated heterocycles. The number of nitrogens with zero attached hydrogens (tertiary/aromatic N) is 1. The van der Waals surface area contributed by atoms with Crippen LogP contribution in [0.1, 0.15) is 76.8 Å². The maximum Gasteiger partial charge on any atom is 0.303 e. The Morgan fingerprint density at radius 2 is 1.45 bits per heavy atom. The second-order valence-corrected chi connectivity index (χ2v) is 11.5. The van der Waals surface area contributed by atoms with Gasteiger partial charge in [0.2, 0.25) is 11.8 Å². The van der Waals surface area contributed by atoms with Gasteiger partial charge in [0.15, 0.2) is 5.78 Å². The molecule has 278 valence electrons. The Hall–Kier alpha value is -3.57. The smallest absolute Gasteiger partial charge is 0.303 e. The van der Waals surface area contributed by atoms with Crippen molar-refractivity contribution in [3.8, 4) is 0 Å². The minimum Gasteiger partial charge on any atom is -0.481 e. The van der Waals surface area contributed by atoms with E-state index in [1.807, 2.05) is 6.92 Å². The lowest BCUT2D eigenvalue weighted by molar-refractivity contribution is -0.139. The predicted octanol–water partition coefficient (Wildman–Crippen LogP) is 0.907. The summed E-state index contributed by atoms with van der Waals surface area (Å²) < 4.78 is 21.3. The van der Waals surface area contributed by atoms with E-state index in [2.05, 4.69) is 20.6 Å². The SMILES string of the molecule is CCCC(=O)CCCOCCOCC(=O)NCCOCCOCC(=O)NCCCC[C@H](CC(=O)[C@@H](N)Cc1cnc[nH]1)C(=O)CCC(=O)O. The van der Waals surface area contributed by atoms with Crippen LogP contribution in [0.4, 0.5) is 0 Å². The summed E-state index contributed by atoms with van der Waals surface area (Å²) in [6, 6.07) is -0.811. The van der Waals surface area contributed by atoms with Crippen LogP contribution in [0.25, 0.3) is 0 Å². The maximum absolute atomic E-state index is 12.7. The first-order chi connectivity index (χ1) is 23.6. The van der Waals surface area contributed by atoms with Crippen LogP contribution in [0.3, 0.4) is 0 Å². The normalized spacial score (nSPS) is 12.3.